The molecule has 5 nitrogen and oxygen atoms in total. The molecule has 1 aliphatic rings. The van der Waals surface area contributed by atoms with E-state index < -0.39 is 0 Å². The Morgan fingerprint density at radius 2 is 1.96 bits per heavy atom. The fourth-order valence-electron chi connectivity index (χ4n) is 3.44. The number of anilines is 1. The van der Waals surface area contributed by atoms with E-state index in [1.807, 2.05) is 12.1 Å². The summed E-state index contributed by atoms with van der Waals surface area (Å²) >= 11 is 0. The van der Waals surface area contributed by atoms with Gasteiger partial charge in [-0.2, -0.15) is 0 Å². The lowest BCUT2D eigenvalue weighted by Gasteiger charge is -2.33. The van der Waals surface area contributed by atoms with Crippen molar-refractivity contribution in [1.29, 1.82) is 0 Å². The number of para-hydroxylation sites is 1. The Kier molecular flexibility index (Phi) is 4.28. The van der Waals surface area contributed by atoms with Gasteiger partial charge in [-0.15, -0.1) is 0 Å². The van der Waals surface area contributed by atoms with E-state index in [9.17, 15) is 5.11 Å². The standard InChI is InChI=1S/C19H25N3O2/c1-12-14(11-15(20)13-5-3-4-6-16(13)23)18(21)22-17(12)19(2)7-9-24-10-8-19/h3-6,11,22-23H,7-10,20-21H2,1-2H3/b15-11-. The highest BCUT2D eigenvalue weighted by molar-refractivity contribution is 5.86. The second-order valence-electron chi connectivity index (χ2n) is 6.74. The van der Waals surface area contributed by atoms with Crippen molar-refractivity contribution < 1.29 is 9.84 Å². The van der Waals surface area contributed by atoms with Crippen molar-refractivity contribution in [2.45, 2.75) is 32.1 Å². The number of aromatic nitrogens is 1. The van der Waals surface area contributed by atoms with Gasteiger partial charge in [0.05, 0.1) is 0 Å². The summed E-state index contributed by atoms with van der Waals surface area (Å²) < 4.78 is 5.49. The minimum absolute atomic E-state index is 0.0339. The minimum Gasteiger partial charge on any atom is -0.507 e. The fraction of sp³-hybridized carbons (Fsp3) is 0.368. The molecule has 1 saturated heterocycles. The van der Waals surface area contributed by atoms with Crippen LogP contribution in [0.5, 0.6) is 5.75 Å². The van der Waals surface area contributed by atoms with Crippen LogP contribution >= 0.6 is 0 Å². The molecule has 1 fully saturated rings. The predicted molar refractivity (Wildman–Crippen MR) is 97.5 cm³/mol. The lowest BCUT2D eigenvalue weighted by Crippen LogP contribution is -2.31. The summed E-state index contributed by atoms with van der Waals surface area (Å²) in [5.41, 5.74) is 16.7. The molecule has 2 aromatic rings. The van der Waals surface area contributed by atoms with E-state index in [4.69, 9.17) is 16.2 Å². The zero-order chi connectivity index (χ0) is 17.3. The van der Waals surface area contributed by atoms with Crippen LogP contribution in [0.25, 0.3) is 11.8 Å². The van der Waals surface area contributed by atoms with Gasteiger partial charge in [0.2, 0.25) is 0 Å². The lowest BCUT2D eigenvalue weighted by atomic mass is 9.77. The third-order valence-corrected chi connectivity index (χ3v) is 5.04. The Bertz CT molecular complexity index is 771. The topological polar surface area (TPSA) is 97.3 Å². The van der Waals surface area contributed by atoms with Crippen LogP contribution in [-0.2, 0) is 10.2 Å². The first-order valence-electron chi connectivity index (χ1n) is 8.24. The number of ether oxygens (including phenoxy) is 1. The van der Waals surface area contributed by atoms with Crippen molar-refractivity contribution in [3.8, 4) is 5.75 Å². The van der Waals surface area contributed by atoms with Gasteiger partial charge in [-0.1, -0.05) is 19.1 Å². The average molecular weight is 327 g/mol. The highest BCUT2D eigenvalue weighted by atomic mass is 16.5. The Hall–Kier alpha value is -2.40. The average Bonchev–Trinajstić information content (AvgIpc) is 2.85. The van der Waals surface area contributed by atoms with Gasteiger partial charge in [0.1, 0.15) is 11.6 Å². The molecular formula is C19H25N3O2. The first-order valence-corrected chi connectivity index (χ1v) is 8.24. The number of H-pyrrole nitrogens is 1. The highest BCUT2D eigenvalue weighted by Crippen LogP contribution is 2.39. The first-order chi connectivity index (χ1) is 11.4. The number of benzene rings is 1. The summed E-state index contributed by atoms with van der Waals surface area (Å²) in [6.45, 7) is 5.83. The molecule has 0 spiro atoms. The van der Waals surface area contributed by atoms with Crippen LogP contribution in [0.15, 0.2) is 24.3 Å². The zero-order valence-corrected chi connectivity index (χ0v) is 14.2. The Labute approximate surface area is 142 Å². The summed E-state index contributed by atoms with van der Waals surface area (Å²) in [6, 6.07) is 7.03. The van der Waals surface area contributed by atoms with Crippen LogP contribution in [0.1, 0.15) is 42.1 Å². The molecule has 5 heteroatoms. The third-order valence-electron chi connectivity index (χ3n) is 5.04. The molecule has 2 heterocycles. The molecule has 24 heavy (non-hydrogen) atoms. The van der Waals surface area contributed by atoms with E-state index in [0.717, 1.165) is 42.9 Å². The number of phenolic OH excluding ortho intramolecular Hbond substituents is 1. The Morgan fingerprint density at radius 3 is 2.62 bits per heavy atom. The van der Waals surface area contributed by atoms with E-state index in [2.05, 4.69) is 18.8 Å². The highest BCUT2D eigenvalue weighted by Gasteiger charge is 2.33. The van der Waals surface area contributed by atoms with Crippen molar-refractivity contribution in [2.24, 2.45) is 5.73 Å². The maximum atomic E-state index is 9.97. The van der Waals surface area contributed by atoms with Crippen molar-refractivity contribution >= 4 is 17.6 Å². The quantitative estimate of drug-likeness (QED) is 0.696. The van der Waals surface area contributed by atoms with Gasteiger partial charge in [-0.3, -0.25) is 0 Å². The molecule has 1 aliphatic heterocycles. The molecular weight excluding hydrogens is 302 g/mol. The number of nitrogen functional groups attached to an aromatic ring is 1. The van der Waals surface area contributed by atoms with Crippen LogP contribution < -0.4 is 11.5 Å². The van der Waals surface area contributed by atoms with Crippen molar-refractivity contribution in [3.05, 3.63) is 46.6 Å². The molecule has 3 rings (SSSR count). The van der Waals surface area contributed by atoms with Crippen LogP contribution in [0.2, 0.25) is 0 Å². The van der Waals surface area contributed by atoms with Crippen LogP contribution in [0.3, 0.4) is 0 Å². The predicted octanol–water partition coefficient (Wildman–Crippen LogP) is 3.14. The number of nitrogens with one attached hydrogen (secondary N) is 1. The number of hydrogen-bond donors (Lipinski definition) is 4. The smallest absolute Gasteiger partial charge is 0.124 e. The van der Waals surface area contributed by atoms with Gasteiger partial charge in [0.25, 0.3) is 0 Å². The third kappa shape index (κ3) is 2.87. The van der Waals surface area contributed by atoms with Gasteiger partial charge in [-0.25, -0.2) is 0 Å². The molecule has 128 valence electrons. The van der Waals surface area contributed by atoms with E-state index in [1.165, 1.54) is 0 Å². The van der Waals surface area contributed by atoms with Crippen LogP contribution in [0.4, 0.5) is 5.82 Å². The molecule has 0 atom stereocenters. The van der Waals surface area contributed by atoms with Gasteiger partial charge in [0, 0.05) is 41.1 Å². The van der Waals surface area contributed by atoms with Crippen molar-refractivity contribution in [1.82, 2.24) is 4.98 Å². The molecule has 0 amide bonds. The summed E-state index contributed by atoms with van der Waals surface area (Å²) in [4.78, 5) is 3.35. The Morgan fingerprint density at radius 1 is 1.29 bits per heavy atom. The SMILES string of the molecule is Cc1c(C2(C)CCOCC2)[nH]c(N)c1/C=C(\N)c1ccccc1O. The maximum absolute atomic E-state index is 9.97. The molecule has 1 aromatic heterocycles. The molecule has 6 N–H and O–H groups in total. The van der Waals surface area contributed by atoms with E-state index in [-0.39, 0.29) is 11.2 Å². The minimum atomic E-state index is 0.0339. The summed E-state index contributed by atoms with van der Waals surface area (Å²) in [6.07, 6.45) is 3.76. The van der Waals surface area contributed by atoms with Gasteiger partial charge in [0.15, 0.2) is 0 Å². The van der Waals surface area contributed by atoms with Gasteiger partial charge >= 0.3 is 0 Å². The number of hydrogen-bond acceptors (Lipinski definition) is 4. The number of aromatic hydroxyl groups is 1. The molecule has 0 aliphatic carbocycles. The van der Waals surface area contributed by atoms with Crippen LogP contribution in [-0.4, -0.2) is 23.3 Å². The monoisotopic (exact) mass is 327 g/mol. The van der Waals surface area contributed by atoms with Gasteiger partial charge in [-0.05, 0) is 43.5 Å². The molecule has 1 aromatic carbocycles. The normalized spacial score (nSPS) is 17.8. The van der Waals surface area contributed by atoms with Crippen molar-refractivity contribution in [3.63, 3.8) is 0 Å². The summed E-state index contributed by atoms with van der Waals surface area (Å²) in [5.74, 6) is 0.767. The number of phenols is 1. The van der Waals surface area contributed by atoms with Crippen molar-refractivity contribution in [2.75, 3.05) is 18.9 Å². The summed E-state index contributed by atoms with van der Waals surface area (Å²) in [7, 11) is 0. The maximum Gasteiger partial charge on any atom is 0.124 e. The molecule has 0 unspecified atom stereocenters. The molecule has 0 saturated carbocycles. The molecule has 0 radical (unpaired) electrons. The van der Waals surface area contributed by atoms with Gasteiger partial charge < -0.3 is 26.3 Å². The number of nitrogens with two attached hydrogens (primary N) is 2. The zero-order valence-electron chi connectivity index (χ0n) is 14.2. The van der Waals surface area contributed by atoms with E-state index >= 15 is 0 Å². The first kappa shape index (κ1) is 16.5. The fourth-order valence-corrected chi connectivity index (χ4v) is 3.44. The Balaban J connectivity index is 2.01. The lowest BCUT2D eigenvalue weighted by molar-refractivity contribution is 0.0550. The second-order valence-corrected chi connectivity index (χ2v) is 6.74. The molecule has 0 bridgehead atoms. The second kappa shape index (κ2) is 6.24. The number of rotatable bonds is 3. The largest absolute Gasteiger partial charge is 0.507 e. The van der Waals surface area contributed by atoms with E-state index in [1.54, 1.807) is 18.2 Å². The summed E-state index contributed by atoms with van der Waals surface area (Å²) in [5, 5.41) is 9.97. The number of aromatic amines is 1. The van der Waals surface area contributed by atoms with Crippen LogP contribution in [0, 0.1) is 6.92 Å². The van der Waals surface area contributed by atoms with E-state index in [0.29, 0.717) is 17.1 Å².